The average molecular weight is 712 g/mol. The van der Waals surface area contributed by atoms with Crippen molar-refractivity contribution in [3.63, 3.8) is 0 Å². The molecule has 0 saturated carbocycles. The lowest BCUT2D eigenvalue weighted by atomic mass is 10.0. The van der Waals surface area contributed by atoms with E-state index in [4.69, 9.17) is 14.2 Å². The van der Waals surface area contributed by atoms with Crippen molar-refractivity contribution in [2.75, 3.05) is 26.9 Å². The van der Waals surface area contributed by atoms with Gasteiger partial charge in [-0.05, 0) is 19.3 Å². The molecule has 0 fully saturated rings. The van der Waals surface area contributed by atoms with Crippen LogP contribution in [0.5, 0.6) is 0 Å². The van der Waals surface area contributed by atoms with Crippen LogP contribution < -0.4 is 5.32 Å². The number of esters is 2. The van der Waals surface area contributed by atoms with Crippen LogP contribution in [-0.2, 0) is 28.6 Å². The van der Waals surface area contributed by atoms with E-state index in [9.17, 15) is 19.5 Å². The maximum absolute atomic E-state index is 12.8. The molecular formula is C42H81NO7. The third kappa shape index (κ3) is 35.9. The molecule has 0 heterocycles. The van der Waals surface area contributed by atoms with Crippen LogP contribution in [0, 0.1) is 0 Å². The Labute approximate surface area is 308 Å². The van der Waals surface area contributed by atoms with Gasteiger partial charge in [-0.3, -0.25) is 14.4 Å². The summed E-state index contributed by atoms with van der Waals surface area (Å²) in [5, 5.41) is 13.8. The Morgan fingerprint density at radius 3 is 1.46 bits per heavy atom. The molecule has 0 spiro atoms. The summed E-state index contributed by atoms with van der Waals surface area (Å²) in [6, 6.07) is -0.749. The number of allylic oxidation sites excluding steroid dienone is 1. The van der Waals surface area contributed by atoms with Gasteiger partial charge in [0.25, 0.3) is 0 Å². The maximum Gasteiger partial charge on any atom is 0.306 e. The molecule has 0 aromatic carbocycles. The minimum atomic E-state index is -0.977. The first-order chi connectivity index (χ1) is 23.9. The molecule has 2 atom stereocenters. The van der Waals surface area contributed by atoms with E-state index in [2.05, 4.69) is 19.2 Å². The van der Waals surface area contributed by atoms with E-state index < -0.39 is 24.1 Å². The zero-order chi connectivity index (χ0) is 36.0. The van der Waals surface area contributed by atoms with E-state index in [0.29, 0.717) is 13.0 Å². The number of rotatable bonds is 37. The van der Waals surface area contributed by atoms with Crippen LogP contribution in [0.25, 0.3) is 0 Å². The fourth-order valence-corrected chi connectivity index (χ4v) is 5.87. The average Bonchev–Trinajstić information content (AvgIpc) is 3.09. The summed E-state index contributed by atoms with van der Waals surface area (Å²) in [6.45, 7) is 4.77. The molecule has 0 radical (unpaired) electrons. The number of methoxy groups -OCH3 is 1. The Balaban J connectivity index is 0. The van der Waals surface area contributed by atoms with Crippen LogP contribution in [0.1, 0.15) is 201 Å². The molecule has 2 N–H and O–H groups in total. The van der Waals surface area contributed by atoms with Gasteiger partial charge in [-0.1, -0.05) is 175 Å². The zero-order valence-corrected chi connectivity index (χ0v) is 32.1. The fourth-order valence-electron chi connectivity index (χ4n) is 5.87. The van der Waals surface area contributed by atoms with E-state index in [-0.39, 0.29) is 39.4 Å². The smallest absolute Gasteiger partial charge is 0.306 e. The zero-order valence-electron chi connectivity index (χ0n) is 32.1. The minimum Gasteiger partial charge on any atom is -0.463 e. The molecule has 0 saturated heterocycles. The highest BCUT2D eigenvalue weighted by molar-refractivity contribution is 5.78. The van der Waals surface area contributed by atoms with Crippen LogP contribution >= 0.6 is 0 Å². The second-order valence-corrected chi connectivity index (χ2v) is 13.8. The lowest BCUT2D eigenvalue weighted by Crippen LogP contribution is -2.46. The minimum absolute atomic E-state index is 0. The molecular weight excluding hydrogens is 630 g/mol. The Morgan fingerprint density at radius 1 is 0.580 bits per heavy atom. The topological polar surface area (TPSA) is 111 Å². The van der Waals surface area contributed by atoms with Crippen LogP contribution in [0.4, 0.5) is 0 Å². The lowest BCUT2D eigenvalue weighted by molar-refractivity contribution is -0.151. The van der Waals surface area contributed by atoms with Crippen molar-refractivity contribution in [2.24, 2.45) is 0 Å². The molecule has 0 aliphatic carbocycles. The summed E-state index contributed by atoms with van der Waals surface area (Å²) in [5.41, 5.74) is 0. The SMILES string of the molecule is C.CCCCCCCCCCCCC/C=C/[C@@H](O)[C@H](COC(=O)CCC(=O)OCCOC)NC(=O)CCCCCCCCCCCCCCC. The Hall–Kier alpha value is -1.93. The maximum atomic E-state index is 12.8. The van der Waals surface area contributed by atoms with Crippen molar-refractivity contribution in [2.45, 2.75) is 213 Å². The number of carbonyl (C=O) groups is 3. The summed E-state index contributed by atoms with van der Waals surface area (Å²) in [7, 11) is 1.52. The number of hydrogen-bond acceptors (Lipinski definition) is 7. The fraction of sp³-hybridized carbons (Fsp3) is 0.881. The predicted octanol–water partition coefficient (Wildman–Crippen LogP) is 10.7. The third-order valence-electron chi connectivity index (χ3n) is 9.08. The molecule has 0 aliphatic heterocycles. The van der Waals surface area contributed by atoms with Gasteiger partial charge in [0.05, 0.1) is 31.6 Å². The van der Waals surface area contributed by atoms with Gasteiger partial charge in [-0.25, -0.2) is 0 Å². The van der Waals surface area contributed by atoms with Crippen molar-refractivity contribution in [1.29, 1.82) is 0 Å². The van der Waals surface area contributed by atoms with Crippen molar-refractivity contribution < 1.29 is 33.7 Å². The molecule has 296 valence electrons. The predicted molar refractivity (Wildman–Crippen MR) is 208 cm³/mol. The summed E-state index contributed by atoms with van der Waals surface area (Å²) >= 11 is 0. The van der Waals surface area contributed by atoms with Gasteiger partial charge in [0.2, 0.25) is 5.91 Å². The summed E-state index contributed by atoms with van der Waals surface area (Å²) in [4.78, 5) is 36.9. The summed E-state index contributed by atoms with van der Waals surface area (Å²) in [6.07, 6.45) is 34.0. The first-order valence-corrected chi connectivity index (χ1v) is 20.4. The standard InChI is InChI=1S/C41H77NO7.CH4/c1-4-6-8-10-12-14-16-18-20-22-24-26-28-30-38(43)37(36-49-41(46)33-32-40(45)48-35-34-47-3)42-39(44)31-29-27-25-23-21-19-17-15-13-11-9-7-5-2;/h28,30,37-38,43H,4-27,29,31-36H2,1-3H3,(H,42,44);1H4/b30-28+;/t37-,38+;/m0./s1. The molecule has 50 heavy (non-hydrogen) atoms. The van der Waals surface area contributed by atoms with Crippen LogP contribution in [0.2, 0.25) is 0 Å². The van der Waals surface area contributed by atoms with Crippen LogP contribution in [0.15, 0.2) is 12.2 Å². The molecule has 0 aromatic heterocycles. The summed E-state index contributed by atoms with van der Waals surface area (Å²) < 4.78 is 15.2. The quantitative estimate of drug-likeness (QED) is 0.0375. The van der Waals surface area contributed by atoms with E-state index >= 15 is 0 Å². The lowest BCUT2D eigenvalue weighted by Gasteiger charge is -2.22. The number of aliphatic hydroxyl groups is 1. The van der Waals surface area contributed by atoms with Gasteiger partial charge >= 0.3 is 11.9 Å². The highest BCUT2D eigenvalue weighted by atomic mass is 16.6. The van der Waals surface area contributed by atoms with Crippen LogP contribution in [-0.4, -0.2) is 62.0 Å². The van der Waals surface area contributed by atoms with Gasteiger partial charge in [0, 0.05) is 13.5 Å². The second-order valence-electron chi connectivity index (χ2n) is 13.8. The van der Waals surface area contributed by atoms with Gasteiger partial charge in [-0.15, -0.1) is 0 Å². The number of hydrogen-bond donors (Lipinski definition) is 2. The number of unbranched alkanes of at least 4 members (excludes halogenated alkanes) is 23. The molecule has 0 aliphatic rings. The van der Waals surface area contributed by atoms with E-state index in [1.54, 1.807) is 6.08 Å². The second kappa shape index (κ2) is 39.8. The van der Waals surface area contributed by atoms with Gasteiger partial charge in [-0.2, -0.15) is 0 Å². The number of aliphatic hydroxyl groups excluding tert-OH is 1. The molecule has 0 bridgehead atoms. The largest absolute Gasteiger partial charge is 0.463 e. The van der Waals surface area contributed by atoms with Gasteiger partial charge in [0.15, 0.2) is 0 Å². The number of ether oxygens (including phenoxy) is 3. The highest BCUT2D eigenvalue weighted by Crippen LogP contribution is 2.14. The number of nitrogens with one attached hydrogen (secondary N) is 1. The molecule has 0 rings (SSSR count). The molecule has 8 nitrogen and oxygen atoms in total. The number of carbonyl (C=O) groups excluding carboxylic acids is 3. The van der Waals surface area contributed by atoms with Gasteiger partial charge < -0.3 is 24.6 Å². The molecule has 0 aromatic rings. The summed E-state index contributed by atoms with van der Waals surface area (Å²) in [5.74, 6) is -1.22. The van der Waals surface area contributed by atoms with Crippen molar-refractivity contribution >= 4 is 17.8 Å². The Bertz CT molecular complexity index is 788. The molecule has 8 heteroatoms. The van der Waals surface area contributed by atoms with Crippen molar-refractivity contribution in [3.05, 3.63) is 12.2 Å². The van der Waals surface area contributed by atoms with Gasteiger partial charge in [0.1, 0.15) is 13.2 Å². The first kappa shape index (κ1) is 50.2. The van der Waals surface area contributed by atoms with E-state index in [0.717, 1.165) is 32.1 Å². The highest BCUT2D eigenvalue weighted by Gasteiger charge is 2.21. The van der Waals surface area contributed by atoms with E-state index in [1.165, 1.54) is 136 Å². The van der Waals surface area contributed by atoms with E-state index in [1.807, 2.05) is 6.08 Å². The van der Waals surface area contributed by atoms with Crippen molar-refractivity contribution in [3.8, 4) is 0 Å². The first-order valence-electron chi connectivity index (χ1n) is 20.4. The molecule has 1 amide bonds. The Kier molecular flexibility index (Phi) is 40.0. The number of amides is 1. The third-order valence-corrected chi connectivity index (χ3v) is 9.08. The molecule has 0 unspecified atom stereocenters. The Morgan fingerprint density at radius 2 is 1.00 bits per heavy atom. The van der Waals surface area contributed by atoms with Crippen LogP contribution in [0.3, 0.4) is 0 Å². The normalized spacial score (nSPS) is 12.4. The van der Waals surface area contributed by atoms with Crippen molar-refractivity contribution in [1.82, 2.24) is 5.32 Å². The monoisotopic (exact) mass is 712 g/mol.